The topological polar surface area (TPSA) is 68.8 Å². The normalized spacial score (nSPS) is 16.9. The van der Waals surface area contributed by atoms with Gasteiger partial charge < -0.3 is 4.74 Å². The van der Waals surface area contributed by atoms with E-state index in [1.807, 2.05) is 57.2 Å². The minimum absolute atomic E-state index is 0.151. The summed E-state index contributed by atoms with van der Waals surface area (Å²) in [6.45, 7) is 6.09. The Kier molecular flexibility index (Phi) is 4.68. The Bertz CT molecular complexity index is 1100. The van der Waals surface area contributed by atoms with Crippen molar-refractivity contribution in [2.75, 3.05) is 6.54 Å². The molecule has 8 heteroatoms. The monoisotopic (exact) mass is 492 g/mol. The molecule has 0 radical (unpaired) electrons. The fraction of sp³-hybridized carbons (Fsp3) is 0.350. The predicted molar refractivity (Wildman–Crippen MR) is 114 cm³/mol. The van der Waals surface area contributed by atoms with E-state index in [1.54, 1.807) is 20.2 Å². The number of likely N-dealkylation sites (tertiary alicyclic amines) is 1. The predicted octanol–water partition coefficient (Wildman–Crippen LogP) is 3.77. The Morgan fingerprint density at radius 1 is 1.21 bits per heavy atom. The van der Waals surface area contributed by atoms with E-state index in [1.165, 1.54) is 0 Å². The van der Waals surface area contributed by atoms with E-state index < -0.39 is 5.60 Å². The van der Waals surface area contributed by atoms with E-state index in [0.717, 1.165) is 15.7 Å². The molecule has 2 aromatic heterocycles. The number of aromatic nitrogens is 3. The molecule has 146 valence electrons. The van der Waals surface area contributed by atoms with E-state index >= 15 is 0 Å². The quantitative estimate of drug-likeness (QED) is 0.511. The Labute approximate surface area is 176 Å². The summed E-state index contributed by atoms with van der Waals surface area (Å²) in [4.78, 5) is 27.6. The van der Waals surface area contributed by atoms with Gasteiger partial charge in [-0.2, -0.15) is 5.10 Å². The zero-order chi connectivity index (χ0) is 20.1. The summed E-state index contributed by atoms with van der Waals surface area (Å²) < 4.78 is 9.57. The molecule has 4 rings (SSSR count). The highest BCUT2D eigenvalue weighted by molar-refractivity contribution is 14.1. The van der Waals surface area contributed by atoms with E-state index in [-0.39, 0.29) is 17.7 Å². The van der Waals surface area contributed by atoms with Crippen molar-refractivity contribution < 1.29 is 9.53 Å². The van der Waals surface area contributed by atoms with Crippen LogP contribution in [0.25, 0.3) is 11.2 Å². The first-order chi connectivity index (χ1) is 13.3. The van der Waals surface area contributed by atoms with Crippen molar-refractivity contribution in [2.24, 2.45) is 0 Å². The van der Waals surface area contributed by atoms with Crippen molar-refractivity contribution in [2.45, 2.75) is 38.8 Å². The number of halogens is 1. The molecule has 0 spiro atoms. The first kappa shape index (κ1) is 19.0. The number of carbonyl (C=O) groups excluding carboxylic acids is 1. The molecular formula is C20H21IN4O3. The van der Waals surface area contributed by atoms with E-state index in [2.05, 4.69) is 22.6 Å². The first-order valence-electron chi connectivity index (χ1n) is 9.11. The number of rotatable bonds is 2. The summed E-state index contributed by atoms with van der Waals surface area (Å²) in [7, 11) is 0. The Balaban J connectivity index is 1.85. The van der Waals surface area contributed by atoms with Crippen LogP contribution in [0.15, 0.2) is 47.4 Å². The zero-order valence-electron chi connectivity index (χ0n) is 15.9. The maximum absolute atomic E-state index is 13.3. The van der Waals surface area contributed by atoms with Crippen LogP contribution in [0.3, 0.4) is 0 Å². The maximum Gasteiger partial charge on any atom is 0.410 e. The largest absolute Gasteiger partial charge is 0.444 e. The van der Waals surface area contributed by atoms with Crippen molar-refractivity contribution in [3.05, 3.63) is 62.3 Å². The number of benzene rings is 1. The number of hydrogen-bond acceptors (Lipinski definition) is 4. The molecular weight excluding hydrogens is 471 g/mol. The van der Waals surface area contributed by atoms with Crippen molar-refractivity contribution >= 4 is 34.2 Å². The SMILES string of the molecule is CC(C)(C)OC(=O)N1CCC1c1nn2ccc(I)c2c(=O)n1-c1ccccc1. The lowest BCUT2D eigenvalue weighted by Gasteiger charge is -2.41. The third-order valence-electron chi connectivity index (χ3n) is 4.62. The number of nitrogens with zero attached hydrogens (tertiary/aromatic N) is 4. The molecule has 1 unspecified atom stereocenters. The molecule has 3 heterocycles. The lowest BCUT2D eigenvalue weighted by molar-refractivity contribution is -0.00811. The average molecular weight is 492 g/mol. The van der Waals surface area contributed by atoms with Crippen LogP contribution in [0.2, 0.25) is 0 Å². The third-order valence-corrected chi connectivity index (χ3v) is 5.49. The Morgan fingerprint density at radius 2 is 1.93 bits per heavy atom. The number of ether oxygens (including phenoxy) is 1. The fourth-order valence-corrected chi connectivity index (χ4v) is 3.92. The Morgan fingerprint density at radius 3 is 2.54 bits per heavy atom. The third kappa shape index (κ3) is 3.30. The minimum atomic E-state index is -0.579. The smallest absolute Gasteiger partial charge is 0.410 e. The van der Waals surface area contributed by atoms with Crippen LogP contribution in [0.4, 0.5) is 4.79 Å². The lowest BCUT2D eigenvalue weighted by atomic mass is 10.0. The first-order valence-corrected chi connectivity index (χ1v) is 10.2. The van der Waals surface area contributed by atoms with Crippen molar-refractivity contribution in [1.82, 2.24) is 19.1 Å². The van der Waals surface area contributed by atoms with Gasteiger partial charge in [-0.15, -0.1) is 0 Å². The van der Waals surface area contributed by atoms with Gasteiger partial charge >= 0.3 is 6.09 Å². The van der Waals surface area contributed by atoms with Crippen LogP contribution < -0.4 is 5.56 Å². The molecule has 1 amide bonds. The van der Waals surface area contributed by atoms with Crippen LogP contribution >= 0.6 is 22.6 Å². The summed E-state index contributed by atoms with van der Waals surface area (Å²) in [5.41, 5.74) is 0.521. The van der Waals surface area contributed by atoms with Gasteiger partial charge in [0.2, 0.25) is 0 Å². The number of para-hydroxylation sites is 1. The van der Waals surface area contributed by atoms with E-state index in [0.29, 0.717) is 17.9 Å². The van der Waals surface area contributed by atoms with Gasteiger partial charge in [0.1, 0.15) is 11.1 Å². The van der Waals surface area contributed by atoms with E-state index in [4.69, 9.17) is 9.84 Å². The second-order valence-corrected chi connectivity index (χ2v) is 8.93. The average Bonchev–Trinajstić information content (AvgIpc) is 2.94. The standard InChI is InChI=1S/C20H21IN4O3/c1-20(2,3)28-19(27)23-11-10-15(23)17-22-24-12-9-14(21)16(24)18(26)25(17)13-7-5-4-6-8-13/h4-9,12,15H,10-11H2,1-3H3. The maximum atomic E-state index is 13.3. The molecule has 1 atom stereocenters. The van der Waals surface area contributed by atoms with Gasteiger partial charge in [0.15, 0.2) is 5.82 Å². The number of hydrogen-bond donors (Lipinski definition) is 0. The van der Waals surface area contributed by atoms with E-state index in [9.17, 15) is 9.59 Å². The van der Waals surface area contributed by atoms with Gasteiger partial charge in [0, 0.05) is 16.3 Å². The number of fused-ring (bicyclic) bond motifs is 1. The molecule has 1 saturated heterocycles. The summed E-state index contributed by atoms with van der Waals surface area (Å²) >= 11 is 2.14. The van der Waals surface area contributed by atoms with Gasteiger partial charge in [-0.3, -0.25) is 14.3 Å². The number of amides is 1. The van der Waals surface area contributed by atoms with Gasteiger partial charge in [0.25, 0.3) is 5.56 Å². The van der Waals surface area contributed by atoms with Crippen LogP contribution in [0.1, 0.15) is 39.1 Å². The molecule has 7 nitrogen and oxygen atoms in total. The van der Waals surface area contributed by atoms with Crippen molar-refractivity contribution in [3.8, 4) is 5.69 Å². The van der Waals surface area contributed by atoms with Crippen LogP contribution in [-0.2, 0) is 4.74 Å². The summed E-state index contributed by atoms with van der Waals surface area (Å²) in [6, 6.07) is 10.9. The Hall–Kier alpha value is -2.36. The van der Waals surface area contributed by atoms with Crippen LogP contribution in [-0.4, -0.2) is 37.3 Å². The molecule has 3 aromatic rings. The molecule has 1 aliphatic heterocycles. The second kappa shape index (κ2) is 6.91. The molecule has 1 fully saturated rings. The molecule has 0 bridgehead atoms. The van der Waals surface area contributed by atoms with Gasteiger partial charge in [-0.25, -0.2) is 9.31 Å². The highest BCUT2D eigenvalue weighted by Gasteiger charge is 2.39. The molecule has 0 saturated carbocycles. The molecule has 28 heavy (non-hydrogen) atoms. The zero-order valence-corrected chi connectivity index (χ0v) is 18.1. The number of carbonyl (C=O) groups is 1. The van der Waals surface area contributed by atoms with Crippen molar-refractivity contribution in [3.63, 3.8) is 0 Å². The second-order valence-electron chi connectivity index (χ2n) is 7.77. The minimum Gasteiger partial charge on any atom is -0.444 e. The molecule has 1 aromatic carbocycles. The molecule has 1 aliphatic rings. The highest BCUT2D eigenvalue weighted by atomic mass is 127. The van der Waals surface area contributed by atoms with Crippen LogP contribution in [0.5, 0.6) is 0 Å². The van der Waals surface area contributed by atoms with Crippen molar-refractivity contribution in [1.29, 1.82) is 0 Å². The summed E-state index contributed by atoms with van der Waals surface area (Å²) in [5.74, 6) is 0.535. The highest BCUT2D eigenvalue weighted by Crippen LogP contribution is 2.34. The molecule has 0 N–H and O–H groups in total. The van der Waals surface area contributed by atoms with Crippen LogP contribution in [0, 0.1) is 3.57 Å². The molecule has 0 aliphatic carbocycles. The van der Waals surface area contributed by atoms with Gasteiger partial charge in [-0.05, 0) is 68.0 Å². The lowest BCUT2D eigenvalue weighted by Crippen LogP contribution is -2.49. The summed E-state index contributed by atoms with van der Waals surface area (Å²) in [6.07, 6.45) is 2.11. The van der Waals surface area contributed by atoms with Gasteiger partial charge in [-0.1, -0.05) is 18.2 Å². The van der Waals surface area contributed by atoms with Gasteiger partial charge in [0.05, 0.1) is 11.7 Å². The fourth-order valence-electron chi connectivity index (χ4n) is 3.28. The summed E-state index contributed by atoms with van der Waals surface area (Å²) in [5, 5.41) is 4.71.